The van der Waals surface area contributed by atoms with Gasteiger partial charge in [0, 0.05) is 6.42 Å². The summed E-state index contributed by atoms with van der Waals surface area (Å²) < 4.78 is 17.2. The molecule has 60 valence electrons. The van der Waals surface area contributed by atoms with Crippen molar-refractivity contribution in [3.63, 3.8) is 0 Å². The van der Waals surface area contributed by atoms with Crippen molar-refractivity contribution in [2.75, 3.05) is 0 Å². The molecule has 4 heteroatoms. The average Bonchev–Trinajstić information content (AvgIpc) is 1.84. The molecule has 1 heterocycles. The first-order valence-electron chi connectivity index (χ1n) is 3.27. The van der Waals surface area contributed by atoms with E-state index in [1.807, 2.05) is 0 Å². The Morgan fingerprint density at radius 1 is 1.50 bits per heavy atom. The summed E-state index contributed by atoms with van der Waals surface area (Å²) >= 11 is 0. The van der Waals surface area contributed by atoms with Crippen LogP contribution < -0.4 is 0 Å². The van der Waals surface area contributed by atoms with Crippen LogP contribution in [0.1, 0.15) is 13.3 Å². The van der Waals surface area contributed by atoms with Gasteiger partial charge in [0.2, 0.25) is 0 Å². The van der Waals surface area contributed by atoms with E-state index >= 15 is 0 Å². The quantitative estimate of drug-likeness (QED) is 0.503. The number of aliphatic hydroxyl groups excluding tert-OH is 2. The van der Waals surface area contributed by atoms with Crippen molar-refractivity contribution >= 4 is 0 Å². The zero-order valence-electron chi connectivity index (χ0n) is 5.70. The van der Waals surface area contributed by atoms with Crippen LogP contribution in [-0.2, 0) is 4.74 Å². The fourth-order valence-corrected chi connectivity index (χ4v) is 0.935. The van der Waals surface area contributed by atoms with Crippen molar-refractivity contribution in [1.29, 1.82) is 0 Å². The minimum atomic E-state index is -1.22. The lowest BCUT2D eigenvalue weighted by molar-refractivity contribution is -0.230. The molecule has 1 aliphatic rings. The van der Waals surface area contributed by atoms with E-state index in [1.54, 1.807) is 0 Å². The molecule has 10 heavy (non-hydrogen) atoms. The van der Waals surface area contributed by atoms with Crippen molar-refractivity contribution in [1.82, 2.24) is 0 Å². The van der Waals surface area contributed by atoms with E-state index in [-0.39, 0.29) is 6.42 Å². The summed E-state index contributed by atoms with van der Waals surface area (Å²) in [5, 5.41) is 17.7. The summed E-state index contributed by atoms with van der Waals surface area (Å²) in [5.41, 5.74) is 0. The van der Waals surface area contributed by atoms with E-state index in [4.69, 9.17) is 10.2 Å². The molecule has 0 aromatic carbocycles. The number of halogens is 1. The lowest BCUT2D eigenvalue weighted by atomic mass is 10.1. The molecule has 0 spiro atoms. The number of hydrogen-bond acceptors (Lipinski definition) is 3. The minimum Gasteiger partial charge on any atom is -0.388 e. The van der Waals surface area contributed by atoms with Gasteiger partial charge in [0.1, 0.15) is 12.3 Å². The molecule has 1 rings (SSSR count). The van der Waals surface area contributed by atoms with Crippen molar-refractivity contribution in [2.45, 2.75) is 38.0 Å². The number of rotatable bonds is 0. The van der Waals surface area contributed by atoms with Crippen molar-refractivity contribution < 1.29 is 19.3 Å². The molecular weight excluding hydrogens is 139 g/mol. The van der Waals surface area contributed by atoms with E-state index in [0.717, 1.165) is 0 Å². The summed E-state index contributed by atoms with van der Waals surface area (Å²) in [7, 11) is 0. The first-order chi connectivity index (χ1) is 4.61. The molecule has 1 aliphatic heterocycles. The molecule has 0 bridgehead atoms. The van der Waals surface area contributed by atoms with Gasteiger partial charge in [-0.25, -0.2) is 4.39 Å². The highest BCUT2D eigenvalue weighted by Gasteiger charge is 2.33. The van der Waals surface area contributed by atoms with Gasteiger partial charge in [-0.1, -0.05) is 0 Å². The van der Waals surface area contributed by atoms with Gasteiger partial charge in [-0.05, 0) is 6.92 Å². The predicted octanol–water partition coefficient (Wildman–Crippen LogP) is -0.187. The van der Waals surface area contributed by atoms with Gasteiger partial charge < -0.3 is 14.9 Å². The molecule has 0 aliphatic carbocycles. The van der Waals surface area contributed by atoms with E-state index in [0.29, 0.717) is 0 Å². The van der Waals surface area contributed by atoms with Crippen LogP contribution in [0, 0.1) is 0 Å². The maximum Gasteiger partial charge on any atom is 0.181 e. The molecule has 0 unspecified atom stereocenters. The highest BCUT2D eigenvalue weighted by Crippen LogP contribution is 2.20. The van der Waals surface area contributed by atoms with Gasteiger partial charge in [0.25, 0.3) is 0 Å². The lowest BCUT2D eigenvalue weighted by Crippen LogP contribution is -2.43. The summed E-state index contributed by atoms with van der Waals surface area (Å²) in [6, 6.07) is 0. The van der Waals surface area contributed by atoms with Crippen LogP contribution in [0.5, 0.6) is 0 Å². The first-order valence-corrected chi connectivity index (χ1v) is 3.27. The summed E-state index contributed by atoms with van der Waals surface area (Å²) in [5.74, 6) is 0. The molecule has 1 saturated heterocycles. The topological polar surface area (TPSA) is 49.7 Å². The molecule has 0 amide bonds. The third-order valence-electron chi connectivity index (χ3n) is 1.66. The minimum absolute atomic E-state index is 0.0394. The largest absolute Gasteiger partial charge is 0.388 e. The Labute approximate surface area is 58.4 Å². The summed E-state index contributed by atoms with van der Waals surface area (Å²) in [6.45, 7) is 1.53. The van der Waals surface area contributed by atoms with Crippen molar-refractivity contribution in [3.8, 4) is 0 Å². The zero-order chi connectivity index (χ0) is 7.72. The fraction of sp³-hybridized carbons (Fsp3) is 1.00. The van der Waals surface area contributed by atoms with Gasteiger partial charge in [0.05, 0.1) is 6.10 Å². The number of ether oxygens (including phenoxy) is 1. The van der Waals surface area contributed by atoms with Crippen LogP contribution in [0.15, 0.2) is 0 Å². The van der Waals surface area contributed by atoms with Crippen LogP contribution in [-0.4, -0.2) is 34.9 Å². The Morgan fingerprint density at radius 3 is 2.60 bits per heavy atom. The fourth-order valence-electron chi connectivity index (χ4n) is 0.935. The normalized spacial score (nSPS) is 49.2. The Hall–Kier alpha value is -0.190. The lowest BCUT2D eigenvalue weighted by Gasteiger charge is -2.31. The third-order valence-corrected chi connectivity index (χ3v) is 1.66. The van der Waals surface area contributed by atoms with Crippen LogP contribution in [0.25, 0.3) is 0 Å². The van der Waals surface area contributed by atoms with E-state index in [1.165, 1.54) is 6.92 Å². The molecule has 0 aromatic rings. The highest BCUT2D eigenvalue weighted by atomic mass is 19.1. The first kappa shape index (κ1) is 7.91. The molecule has 0 aromatic heterocycles. The standard InChI is InChI=1S/C6H11FO3/c1-3-4(7)2-5(8)6(9)10-3/h3-6,8-9H,2H2,1H3/t3-,4+,5-,6+/m1/s1. The number of alkyl halides is 1. The Morgan fingerprint density at radius 2 is 2.10 bits per heavy atom. The number of hydrogen-bond donors (Lipinski definition) is 2. The smallest absolute Gasteiger partial charge is 0.181 e. The second-order valence-electron chi connectivity index (χ2n) is 2.55. The Balaban J connectivity index is 2.46. The SMILES string of the molecule is C[C@H]1O[C@H](O)[C@H](O)C[C@@H]1F. The monoisotopic (exact) mass is 150 g/mol. The maximum atomic E-state index is 12.6. The summed E-state index contributed by atoms with van der Waals surface area (Å²) in [6.07, 6.45) is -4.12. The van der Waals surface area contributed by atoms with Gasteiger partial charge in [-0.3, -0.25) is 0 Å². The van der Waals surface area contributed by atoms with E-state index < -0.39 is 24.7 Å². The van der Waals surface area contributed by atoms with E-state index in [9.17, 15) is 4.39 Å². The third kappa shape index (κ3) is 1.45. The molecule has 1 fully saturated rings. The van der Waals surface area contributed by atoms with Gasteiger partial charge >= 0.3 is 0 Å². The van der Waals surface area contributed by atoms with Crippen LogP contribution >= 0.6 is 0 Å². The van der Waals surface area contributed by atoms with Crippen LogP contribution in [0.2, 0.25) is 0 Å². The van der Waals surface area contributed by atoms with Crippen molar-refractivity contribution in [2.24, 2.45) is 0 Å². The second kappa shape index (κ2) is 2.82. The van der Waals surface area contributed by atoms with Gasteiger partial charge in [-0.2, -0.15) is 0 Å². The second-order valence-corrected chi connectivity index (χ2v) is 2.55. The maximum absolute atomic E-state index is 12.6. The average molecular weight is 150 g/mol. The van der Waals surface area contributed by atoms with Crippen LogP contribution in [0.3, 0.4) is 0 Å². The number of aliphatic hydroxyl groups is 2. The molecule has 3 nitrogen and oxygen atoms in total. The Bertz CT molecular complexity index is 93.6. The summed E-state index contributed by atoms with van der Waals surface area (Å²) in [4.78, 5) is 0. The molecule has 4 atom stereocenters. The van der Waals surface area contributed by atoms with Gasteiger partial charge in [0.15, 0.2) is 6.29 Å². The van der Waals surface area contributed by atoms with Crippen molar-refractivity contribution in [3.05, 3.63) is 0 Å². The zero-order valence-corrected chi connectivity index (χ0v) is 5.70. The molecule has 0 radical (unpaired) electrons. The Kier molecular flexibility index (Phi) is 2.23. The molecular formula is C6H11FO3. The van der Waals surface area contributed by atoms with Gasteiger partial charge in [-0.15, -0.1) is 0 Å². The van der Waals surface area contributed by atoms with Crippen LogP contribution in [0.4, 0.5) is 4.39 Å². The highest BCUT2D eigenvalue weighted by molar-refractivity contribution is 4.77. The van der Waals surface area contributed by atoms with E-state index in [2.05, 4.69) is 4.74 Å². The molecule has 0 saturated carbocycles. The molecule has 2 N–H and O–H groups in total. The predicted molar refractivity (Wildman–Crippen MR) is 32.1 cm³/mol.